The highest BCUT2D eigenvalue weighted by atomic mass is 19.1. The number of aromatic nitrogens is 4. The van der Waals surface area contributed by atoms with Gasteiger partial charge in [0.05, 0.1) is 19.5 Å². The summed E-state index contributed by atoms with van der Waals surface area (Å²) in [4.78, 5) is 34.7. The number of nitrogens with one attached hydrogen (secondary N) is 1. The van der Waals surface area contributed by atoms with Crippen molar-refractivity contribution < 1.29 is 24.1 Å². The molecular weight excluding hydrogens is 349 g/mol. The van der Waals surface area contributed by atoms with E-state index in [1.807, 2.05) is 0 Å². The standard InChI is InChI=1S/C15H20FN5O5/c1-13(2,3)11(24)14(16)5-26-7(4-22)15(14,25)21-6-18-8-9(21)19-12(17)20-10(8)23/h6-7,22,25H,4-5H2,1-3H3,(H3,17,19,20,23)/t7-,14-,15+/m1/s1. The average molecular weight is 369 g/mol. The number of Topliss-reactive ketones (excluding diaryl/α,β-unsaturated/α-hetero) is 1. The first-order chi connectivity index (χ1) is 12.0. The molecule has 1 fully saturated rings. The number of alkyl halides is 1. The molecule has 1 saturated heterocycles. The average Bonchev–Trinajstić information content (AvgIpc) is 3.07. The topological polar surface area (TPSA) is 156 Å². The van der Waals surface area contributed by atoms with Crippen molar-refractivity contribution in [2.24, 2.45) is 5.41 Å². The zero-order chi connectivity index (χ0) is 19.5. The summed E-state index contributed by atoms with van der Waals surface area (Å²) < 4.78 is 22.0. The Hall–Kier alpha value is -2.37. The minimum absolute atomic E-state index is 0.207. The Bertz CT molecular complexity index is 935. The Morgan fingerprint density at radius 1 is 1.58 bits per heavy atom. The Morgan fingerprint density at radius 2 is 2.23 bits per heavy atom. The first kappa shape index (κ1) is 18.4. The molecule has 0 spiro atoms. The molecule has 3 atom stereocenters. The SMILES string of the molecule is CC(C)(C)C(=O)[C@]1(F)CO[C@H](CO)[C@@]1(O)n1cnc2c(=O)[nH]c(N)nc21. The molecule has 1 aliphatic rings. The predicted molar refractivity (Wildman–Crippen MR) is 87.9 cm³/mol. The first-order valence-corrected chi connectivity index (χ1v) is 7.89. The molecule has 3 heterocycles. The number of nitrogens with two attached hydrogens (primary N) is 1. The van der Waals surface area contributed by atoms with Crippen LogP contribution in [-0.2, 0) is 15.3 Å². The summed E-state index contributed by atoms with van der Waals surface area (Å²) in [6.07, 6.45) is -0.521. The van der Waals surface area contributed by atoms with Crippen LogP contribution in [0, 0.1) is 5.41 Å². The number of carbonyl (C=O) groups excluding carboxylic acids is 1. The number of ether oxygens (including phenoxy) is 1. The van der Waals surface area contributed by atoms with Crippen LogP contribution in [0.2, 0.25) is 0 Å². The van der Waals surface area contributed by atoms with Crippen LogP contribution < -0.4 is 11.3 Å². The number of H-pyrrole nitrogens is 1. The summed E-state index contributed by atoms with van der Waals surface area (Å²) in [7, 11) is 0. The minimum Gasteiger partial charge on any atom is -0.393 e. The molecule has 10 nitrogen and oxygen atoms in total. The van der Waals surface area contributed by atoms with Gasteiger partial charge in [-0.2, -0.15) is 4.98 Å². The third-order valence-electron chi connectivity index (χ3n) is 4.52. The maximum absolute atomic E-state index is 16.0. The lowest BCUT2D eigenvalue weighted by Gasteiger charge is -2.39. The number of rotatable bonds is 3. The fourth-order valence-corrected chi connectivity index (χ4v) is 3.22. The second-order valence-electron chi connectivity index (χ2n) is 7.33. The molecular formula is C15H20FN5O5. The number of imidazole rings is 1. The molecule has 1 aliphatic heterocycles. The monoisotopic (exact) mass is 369 g/mol. The highest BCUT2D eigenvalue weighted by Gasteiger charge is 2.69. The Kier molecular flexibility index (Phi) is 3.94. The quantitative estimate of drug-likeness (QED) is 0.540. The van der Waals surface area contributed by atoms with E-state index in [0.717, 1.165) is 10.9 Å². The predicted octanol–water partition coefficient (Wildman–Crippen LogP) is -0.938. The van der Waals surface area contributed by atoms with Crippen LogP contribution >= 0.6 is 0 Å². The molecule has 3 rings (SSSR count). The third kappa shape index (κ3) is 2.27. The van der Waals surface area contributed by atoms with Gasteiger partial charge in [-0.3, -0.25) is 19.1 Å². The summed E-state index contributed by atoms with van der Waals surface area (Å²) in [5, 5.41) is 20.9. The lowest BCUT2D eigenvalue weighted by molar-refractivity contribution is -0.182. The summed E-state index contributed by atoms with van der Waals surface area (Å²) in [6.45, 7) is 2.93. The molecule has 0 amide bonds. The van der Waals surface area contributed by atoms with Crippen molar-refractivity contribution in [1.29, 1.82) is 0 Å². The van der Waals surface area contributed by atoms with E-state index < -0.39 is 47.5 Å². The fraction of sp³-hybridized carbons (Fsp3) is 0.600. The zero-order valence-corrected chi connectivity index (χ0v) is 14.5. The van der Waals surface area contributed by atoms with Crippen LogP contribution in [0.15, 0.2) is 11.1 Å². The maximum Gasteiger partial charge on any atom is 0.280 e. The van der Waals surface area contributed by atoms with Gasteiger partial charge in [0.1, 0.15) is 6.10 Å². The fourth-order valence-electron chi connectivity index (χ4n) is 3.22. The van der Waals surface area contributed by atoms with E-state index in [-0.39, 0.29) is 17.1 Å². The molecule has 0 aliphatic carbocycles. The van der Waals surface area contributed by atoms with Gasteiger partial charge >= 0.3 is 0 Å². The molecule has 0 aromatic carbocycles. The van der Waals surface area contributed by atoms with Crippen molar-refractivity contribution >= 4 is 22.9 Å². The van der Waals surface area contributed by atoms with Gasteiger partial charge in [0.2, 0.25) is 17.3 Å². The van der Waals surface area contributed by atoms with Gasteiger partial charge in [-0.1, -0.05) is 20.8 Å². The molecule has 26 heavy (non-hydrogen) atoms. The van der Waals surface area contributed by atoms with Crippen molar-refractivity contribution in [3.63, 3.8) is 0 Å². The van der Waals surface area contributed by atoms with E-state index >= 15 is 4.39 Å². The van der Waals surface area contributed by atoms with E-state index in [0.29, 0.717) is 0 Å². The van der Waals surface area contributed by atoms with Gasteiger partial charge in [0, 0.05) is 5.41 Å². The third-order valence-corrected chi connectivity index (χ3v) is 4.52. The number of nitrogen functional groups attached to an aromatic ring is 1. The molecule has 2 aromatic heterocycles. The molecule has 11 heteroatoms. The molecule has 142 valence electrons. The number of fused-ring (bicyclic) bond motifs is 1. The smallest absolute Gasteiger partial charge is 0.280 e. The number of nitrogens with zero attached hydrogens (tertiary/aromatic N) is 3. The maximum atomic E-state index is 16.0. The van der Waals surface area contributed by atoms with Gasteiger partial charge in [0.15, 0.2) is 16.9 Å². The van der Waals surface area contributed by atoms with E-state index in [1.165, 1.54) is 20.8 Å². The molecule has 2 aromatic rings. The van der Waals surface area contributed by atoms with Gasteiger partial charge in [-0.15, -0.1) is 0 Å². The molecule has 0 unspecified atom stereocenters. The van der Waals surface area contributed by atoms with E-state index in [4.69, 9.17) is 10.5 Å². The molecule has 0 radical (unpaired) electrons. The Morgan fingerprint density at radius 3 is 2.81 bits per heavy atom. The van der Waals surface area contributed by atoms with E-state index in [2.05, 4.69) is 15.0 Å². The van der Waals surface area contributed by atoms with Crippen LogP contribution in [0.5, 0.6) is 0 Å². The van der Waals surface area contributed by atoms with Crippen molar-refractivity contribution in [3.05, 3.63) is 16.7 Å². The largest absolute Gasteiger partial charge is 0.393 e. The normalized spacial score (nSPS) is 29.4. The van der Waals surface area contributed by atoms with Crippen LogP contribution in [0.3, 0.4) is 0 Å². The summed E-state index contributed by atoms with van der Waals surface area (Å²) in [5.74, 6) is -1.21. The van der Waals surface area contributed by atoms with Crippen molar-refractivity contribution in [3.8, 4) is 0 Å². The Balaban J connectivity index is 2.31. The first-order valence-electron chi connectivity index (χ1n) is 7.89. The summed E-state index contributed by atoms with van der Waals surface area (Å²) in [6, 6.07) is 0. The number of anilines is 1. The van der Waals surface area contributed by atoms with E-state index in [9.17, 15) is 19.8 Å². The van der Waals surface area contributed by atoms with Crippen LogP contribution in [0.4, 0.5) is 10.3 Å². The molecule has 5 N–H and O–H groups in total. The number of halogens is 1. The second-order valence-corrected chi connectivity index (χ2v) is 7.33. The zero-order valence-electron chi connectivity index (χ0n) is 14.5. The number of aromatic amines is 1. The second kappa shape index (κ2) is 5.56. The molecule has 0 bridgehead atoms. The van der Waals surface area contributed by atoms with Crippen molar-refractivity contribution in [2.45, 2.75) is 38.3 Å². The van der Waals surface area contributed by atoms with Crippen molar-refractivity contribution in [1.82, 2.24) is 19.5 Å². The number of aliphatic hydroxyl groups is 2. The van der Waals surface area contributed by atoms with Crippen LogP contribution in [-0.4, -0.2) is 60.5 Å². The number of hydrogen-bond donors (Lipinski definition) is 4. The number of ketones is 1. The van der Waals surface area contributed by atoms with E-state index in [1.54, 1.807) is 0 Å². The highest BCUT2D eigenvalue weighted by molar-refractivity contribution is 5.93. The van der Waals surface area contributed by atoms with Gasteiger partial charge in [-0.05, 0) is 0 Å². The van der Waals surface area contributed by atoms with Crippen molar-refractivity contribution in [2.75, 3.05) is 18.9 Å². The Labute approximate surface area is 146 Å². The van der Waals surface area contributed by atoms with Crippen LogP contribution in [0.25, 0.3) is 11.2 Å². The summed E-state index contributed by atoms with van der Waals surface area (Å²) >= 11 is 0. The van der Waals surface area contributed by atoms with Gasteiger partial charge in [-0.25, -0.2) is 9.37 Å². The number of carbonyl (C=O) groups is 1. The lowest BCUT2D eigenvalue weighted by Crippen LogP contribution is -2.62. The minimum atomic E-state index is -2.91. The number of hydrogen-bond acceptors (Lipinski definition) is 8. The van der Waals surface area contributed by atoms with Gasteiger partial charge in [0.25, 0.3) is 5.56 Å². The number of aliphatic hydroxyl groups excluding tert-OH is 1. The lowest BCUT2D eigenvalue weighted by atomic mass is 9.76. The summed E-state index contributed by atoms with van der Waals surface area (Å²) in [5.41, 5.74) is -2.35. The molecule has 0 saturated carbocycles. The van der Waals surface area contributed by atoms with Gasteiger partial charge < -0.3 is 20.7 Å². The highest BCUT2D eigenvalue weighted by Crippen LogP contribution is 2.46. The van der Waals surface area contributed by atoms with Crippen LogP contribution in [0.1, 0.15) is 20.8 Å².